The van der Waals surface area contributed by atoms with E-state index in [2.05, 4.69) is 5.32 Å². The van der Waals surface area contributed by atoms with E-state index in [-0.39, 0.29) is 28.9 Å². The molecule has 3 amide bonds. The van der Waals surface area contributed by atoms with Gasteiger partial charge in [0.05, 0.1) is 17.8 Å². The van der Waals surface area contributed by atoms with E-state index < -0.39 is 11.9 Å². The zero-order chi connectivity index (χ0) is 23.5. The molecule has 9 heteroatoms. The van der Waals surface area contributed by atoms with Crippen LogP contribution in [-0.4, -0.2) is 19.0 Å². The second-order valence-corrected chi connectivity index (χ2v) is 7.90. The van der Waals surface area contributed by atoms with Crippen LogP contribution >= 0.6 is 23.2 Å². The maximum atomic E-state index is 13.4. The second-order valence-electron chi connectivity index (χ2n) is 7.06. The van der Waals surface area contributed by atoms with Gasteiger partial charge in [-0.2, -0.15) is 0 Å². The minimum Gasteiger partial charge on any atom is -0.493 e. The number of benzene rings is 3. The van der Waals surface area contributed by atoms with Crippen molar-refractivity contribution >= 4 is 46.9 Å². The highest BCUT2D eigenvalue weighted by atomic mass is 35.5. The molecular weight excluding hydrogens is 470 g/mol. The first-order valence-corrected chi connectivity index (χ1v) is 10.5. The number of methoxy groups -OCH3 is 1. The summed E-state index contributed by atoms with van der Waals surface area (Å²) in [6.07, 6.45) is 1.49. The zero-order valence-corrected chi connectivity index (χ0v) is 18.8. The molecule has 0 bridgehead atoms. The molecule has 6 nitrogen and oxygen atoms in total. The molecule has 3 aromatic carbocycles. The van der Waals surface area contributed by atoms with Crippen molar-refractivity contribution in [3.05, 3.63) is 93.4 Å². The number of rotatable bonds is 6. The summed E-state index contributed by atoms with van der Waals surface area (Å²) < 4.78 is 24.5. The van der Waals surface area contributed by atoms with E-state index in [0.29, 0.717) is 27.6 Å². The fourth-order valence-electron chi connectivity index (χ4n) is 3.27. The average Bonchev–Trinajstić information content (AvgIpc) is 3.06. The van der Waals surface area contributed by atoms with Crippen molar-refractivity contribution in [1.82, 2.24) is 5.32 Å². The van der Waals surface area contributed by atoms with Gasteiger partial charge in [-0.1, -0.05) is 35.3 Å². The number of carbonyl (C=O) groups excluding carboxylic acids is 2. The Hall–Kier alpha value is -3.55. The lowest BCUT2D eigenvalue weighted by Gasteiger charge is -2.14. The maximum absolute atomic E-state index is 13.4. The lowest BCUT2D eigenvalue weighted by atomic mass is 10.1. The molecule has 1 heterocycles. The van der Waals surface area contributed by atoms with Crippen molar-refractivity contribution in [2.75, 3.05) is 12.0 Å². The van der Waals surface area contributed by atoms with Crippen LogP contribution in [0.2, 0.25) is 10.0 Å². The van der Waals surface area contributed by atoms with Gasteiger partial charge in [0.1, 0.15) is 18.1 Å². The topological polar surface area (TPSA) is 67.9 Å². The predicted molar refractivity (Wildman–Crippen MR) is 124 cm³/mol. The summed E-state index contributed by atoms with van der Waals surface area (Å²) in [4.78, 5) is 26.2. The Morgan fingerprint density at radius 2 is 1.82 bits per heavy atom. The van der Waals surface area contributed by atoms with Crippen LogP contribution in [0.1, 0.15) is 11.1 Å². The molecule has 0 atom stereocenters. The van der Waals surface area contributed by atoms with Crippen LogP contribution in [-0.2, 0) is 11.4 Å². The fraction of sp³-hybridized carbons (Fsp3) is 0.0833. The van der Waals surface area contributed by atoms with Crippen LogP contribution in [0.5, 0.6) is 11.5 Å². The number of anilines is 1. The van der Waals surface area contributed by atoms with Crippen LogP contribution in [0.3, 0.4) is 0 Å². The van der Waals surface area contributed by atoms with Gasteiger partial charge in [0.25, 0.3) is 5.91 Å². The Morgan fingerprint density at radius 1 is 1.06 bits per heavy atom. The van der Waals surface area contributed by atoms with Gasteiger partial charge in [0.15, 0.2) is 11.5 Å². The van der Waals surface area contributed by atoms with Crippen molar-refractivity contribution in [2.24, 2.45) is 0 Å². The molecule has 0 aromatic heterocycles. The van der Waals surface area contributed by atoms with Gasteiger partial charge in [-0.15, -0.1) is 0 Å². The number of amides is 3. The number of carbonyl (C=O) groups is 2. The van der Waals surface area contributed by atoms with Crippen LogP contribution in [0.15, 0.2) is 66.4 Å². The number of hydrogen-bond acceptors (Lipinski definition) is 4. The van der Waals surface area contributed by atoms with E-state index in [9.17, 15) is 14.0 Å². The summed E-state index contributed by atoms with van der Waals surface area (Å²) in [5.74, 6) is -0.303. The molecule has 4 rings (SSSR count). The number of imide groups is 1. The Labute approximate surface area is 199 Å². The number of hydrogen-bond donors (Lipinski definition) is 1. The quantitative estimate of drug-likeness (QED) is 0.352. The molecule has 0 spiro atoms. The van der Waals surface area contributed by atoms with Gasteiger partial charge < -0.3 is 14.8 Å². The molecule has 1 N–H and O–H groups in total. The highest BCUT2D eigenvalue weighted by Gasteiger charge is 2.34. The van der Waals surface area contributed by atoms with Crippen molar-refractivity contribution in [1.29, 1.82) is 0 Å². The molecule has 0 saturated carbocycles. The molecule has 1 fully saturated rings. The second kappa shape index (κ2) is 9.52. The molecule has 1 aliphatic heterocycles. The smallest absolute Gasteiger partial charge is 0.333 e. The SMILES string of the molecule is COc1cc(/C=C2/NC(=O)N(c3ccc(Cl)cc3)C2=O)cc(Cl)c1OCc1cccc(F)c1. The van der Waals surface area contributed by atoms with Crippen molar-refractivity contribution in [2.45, 2.75) is 6.61 Å². The van der Waals surface area contributed by atoms with Crippen molar-refractivity contribution in [3.63, 3.8) is 0 Å². The molecule has 1 saturated heterocycles. The van der Waals surface area contributed by atoms with E-state index in [1.165, 1.54) is 25.3 Å². The monoisotopic (exact) mass is 486 g/mol. The largest absolute Gasteiger partial charge is 0.493 e. The third-order valence-corrected chi connectivity index (χ3v) is 5.33. The number of ether oxygens (including phenoxy) is 2. The number of halogens is 3. The third-order valence-electron chi connectivity index (χ3n) is 4.80. The number of urea groups is 1. The van der Waals surface area contributed by atoms with Crippen LogP contribution in [0.4, 0.5) is 14.9 Å². The van der Waals surface area contributed by atoms with Crippen LogP contribution in [0, 0.1) is 5.82 Å². The third kappa shape index (κ3) is 4.94. The molecule has 33 heavy (non-hydrogen) atoms. The normalized spacial score (nSPS) is 14.5. The average molecular weight is 487 g/mol. The van der Waals surface area contributed by atoms with Gasteiger partial charge in [-0.3, -0.25) is 4.79 Å². The Balaban J connectivity index is 1.58. The summed E-state index contributed by atoms with van der Waals surface area (Å²) in [5.41, 5.74) is 1.60. The fourth-order valence-corrected chi connectivity index (χ4v) is 3.67. The lowest BCUT2D eigenvalue weighted by Crippen LogP contribution is -2.30. The zero-order valence-electron chi connectivity index (χ0n) is 17.3. The first-order chi connectivity index (χ1) is 15.9. The minimum absolute atomic E-state index is 0.0708. The van der Waals surface area contributed by atoms with E-state index in [0.717, 1.165) is 4.90 Å². The molecule has 168 valence electrons. The van der Waals surface area contributed by atoms with Gasteiger partial charge in [-0.25, -0.2) is 14.1 Å². The highest BCUT2D eigenvalue weighted by Crippen LogP contribution is 2.38. The molecule has 1 aliphatic rings. The van der Waals surface area contributed by atoms with Crippen LogP contribution in [0.25, 0.3) is 6.08 Å². The van der Waals surface area contributed by atoms with Crippen molar-refractivity contribution in [3.8, 4) is 11.5 Å². The number of nitrogens with one attached hydrogen (secondary N) is 1. The maximum Gasteiger partial charge on any atom is 0.333 e. The summed E-state index contributed by atoms with van der Waals surface area (Å²) in [5, 5.41) is 3.27. The van der Waals surface area contributed by atoms with E-state index in [1.54, 1.807) is 48.5 Å². The van der Waals surface area contributed by atoms with Crippen LogP contribution < -0.4 is 19.7 Å². The predicted octanol–water partition coefficient (Wildman–Crippen LogP) is 5.82. The molecule has 0 radical (unpaired) electrons. The molecular formula is C24H17Cl2FN2O4. The standard InChI is InChI=1S/C24H17Cl2FN2O4/c1-32-21-12-15(10-19(26)22(21)33-13-14-3-2-4-17(27)9-14)11-20-23(30)29(24(31)28-20)18-7-5-16(25)6-8-18/h2-12H,13H2,1H3,(H,28,31)/b20-11+. The van der Waals surface area contributed by atoms with E-state index >= 15 is 0 Å². The van der Waals surface area contributed by atoms with Gasteiger partial charge >= 0.3 is 6.03 Å². The molecule has 3 aromatic rings. The Bertz CT molecular complexity index is 1260. The van der Waals surface area contributed by atoms with Gasteiger partial charge in [0, 0.05) is 5.02 Å². The Morgan fingerprint density at radius 3 is 2.52 bits per heavy atom. The summed E-state index contributed by atoms with van der Waals surface area (Å²) >= 11 is 12.3. The molecule has 0 aliphatic carbocycles. The first-order valence-electron chi connectivity index (χ1n) is 9.73. The van der Waals surface area contributed by atoms with Gasteiger partial charge in [-0.05, 0) is 65.7 Å². The van der Waals surface area contributed by atoms with Gasteiger partial charge in [0.2, 0.25) is 0 Å². The summed E-state index contributed by atoms with van der Waals surface area (Å²) in [7, 11) is 1.45. The van der Waals surface area contributed by atoms with E-state index in [4.69, 9.17) is 32.7 Å². The lowest BCUT2D eigenvalue weighted by molar-refractivity contribution is -0.113. The van der Waals surface area contributed by atoms with E-state index in [1.807, 2.05) is 0 Å². The summed E-state index contributed by atoms with van der Waals surface area (Å²) in [6, 6.07) is 15.0. The summed E-state index contributed by atoms with van der Waals surface area (Å²) in [6.45, 7) is 0.0822. The Kier molecular flexibility index (Phi) is 6.53. The van der Waals surface area contributed by atoms with Crippen molar-refractivity contribution < 1.29 is 23.5 Å². The minimum atomic E-state index is -0.582. The molecule has 0 unspecified atom stereocenters. The highest BCUT2D eigenvalue weighted by molar-refractivity contribution is 6.33. The number of nitrogens with zero attached hydrogens (tertiary/aromatic N) is 1. The first kappa shape index (κ1) is 22.6.